The van der Waals surface area contributed by atoms with E-state index in [0.717, 1.165) is 6.54 Å². The van der Waals surface area contributed by atoms with Crippen molar-refractivity contribution in [2.75, 3.05) is 26.2 Å². The van der Waals surface area contributed by atoms with Gasteiger partial charge in [-0.3, -0.25) is 4.90 Å². The Hall–Kier alpha value is -0.810. The molecule has 86 valence electrons. The summed E-state index contributed by atoms with van der Waals surface area (Å²) in [5.74, 6) is 0. The summed E-state index contributed by atoms with van der Waals surface area (Å²) in [5.41, 5.74) is 0. The summed E-state index contributed by atoms with van der Waals surface area (Å²) < 4.78 is 5.08. The second kappa shape index (κ2) is 4.81. The number of carbonyl (C=O) groups is 1. The molecular weight excluding hydrogens is 196 g/mol. The highest BCUT2D eigenvalue weighted by molar-refractivity contribution is 5.69. The van der Waals surface area contributed by atoms with Gasteiger partial charge in [-0.1, -0.05) is 6.42 Å². The number of rotatable bonds is 5. The molecule has 0 aromatic heterocycles. The van der Waals surface area contributed by atoms with Crippen LogP contribution in [0.4, 0.5) is 4.79 Å². The van der Waals surface area contributed by atoms with Gasteiger partial charge in [-0.15, -0.1) is 0 Å². The molecule has 1 saturated carbocycles. The molecule has 0 bridgehead atoms. The molecule has 1 aliphatic carbocycles. The Morgan fingerprint density at radius 1 is 1.53 bits per heavy atom. The van der Waals surface area contributed by atoms with Crippen molar-refractivity contribution in [1.82, 2.24) is 10.2 Å². The van der Waals surface area contributed by atoms with Crippen molar-refractivity contribution in [3.63, 3.8) is 0 Å². The standard InChI is InChI=1S/C10H18N2O3/c13-5-4-12(8-2-1-3-8)7-9-6-11-10(14)15-9/h8-9,13H,1-7H2,(H,11,14). The molecule has 1 heterocycles. The van der Waals surface area contributed by atoms with Crippen molar-refractivity contribution in [2.24, 2.45) is 0 Å². The molecule has 1 amide bonds. The number of aliphatic hydroxyl groups is 1. The van der Waals surface area contributed by atoms with Crippen LogP contribution in [0.25, 0.3) is 0 Å². The molecule has 2 N–H and O–H groups in total. The second-order valence-corrected chi connectivity index (χ2v) is 4.21. The second-order valence-electron chi connectivity index (χ2n) is 4.21. The number of carbonyl (C=O) groups excluding carboxylic acids is 1. The topological polar surface area (TPSA) is 61.8 Å². The molecule has 15 heavy (non-hydrogen) atoms. The van der Waals surface area contributed by atoms with E-state index >= 15 is 0 Å². The van der Waals surface area contributed by atoms with Crippen molar-refractivity contribution in [1.29, 1.82) is 0 Å². The fourth-order valence-corrected chi connectivity index (χ4v) is 2.10. The van der Waals surface area contributed by atoms with E-state index in [-0.39, 0.29) is 18.8 Å². The molecular formula is C10H18N2O3. The number of nitrogens with one attached hydrogen (secondary N) is 1. The van der Waals surface area contributed by atoms with Crippen LogP contribution in [-0.4, -0.2) is 54.5 Å². The number of amides is 1. The van der Waals surface area contributed by atoms with Crippen LogP contribution in [0, 0.1) is 0 Å². The zero-order valence-electron chi connectivity index (χ0n) is 8.82. The number of aliphatic hydroxyl groups excluding tert-OH is 1. The summed E-state index contributed by atoms with van der Waals surface area (Å²) in [6.07, 6.45) is 3.31. The molecule has 1 atom stereocenters. The van der Waals surface area contributed by atoms with Gasteiger partial charge >= 0.3 is 6.09 Å². The average molecular weight is 214 g/mol. The molecule has 2 rings (SSSR count). The maximum atomic E-state index is 10.8. The monoisotopic (exact) mass is 214 g/mol. The van der Waals surface area contributed by atoms with Gasteiger partial charge in [0.2, 0.25) is 0 Å². The van der Waals surface area contributed by atoms with Gasteiger partial charge in [0.25, 0.3) is 0 Å². The third-order valence-electron chi connectivity index (χ3n) is 3.16. The number of ether oxygens (including phenoxy) is 1. The van der Waals surface area contributed by atoms with Gasteiger partial charge in [-0.25, -0.2) is 4.79 Å². The highest BCUT2D eigenvalue weighted by Gasteiger charge is 2.30. The van der Waals surface area contributed by atoms with E-state index in [9.17, 15) is 4.79 Å². The van der Waals surface area contributed by atoms with Gasteiger partial charge < -0.3 is 15.2 Å². The SMILES string of the molecule is O=C1NCC(CN(CCO)C2CCC2)O1. The molecule has 0 spiro atoms. The number of cyclic esters (lactones) is 1. The lowest BCUT2D eigenvalue weighted by molar-refractivity contribution is 0.0526. The van der Waals surface area contributed by atoms with E-state index in [1.807, 2.05) is 0 Å². The fourth-order valence-electron chi connectivity index (χ4n) is 2.10. The van der Waals surface area contributed by atoms with Crippen molar-refractivity contribution in [3.8, 4) is 0 Å². The number of hydrogen-bond donors (Lipinski definition) is 2. The normalized spacial score (nSPS) is 26.3. The Morgan fingerprint density at radius 3 is 2.80 bits per heavy atom. The lowest BCUT2D eigenvalue weighted by Gasteiger charge is -2.38. The molecule has 1 unspecified atom stereocenters. The molecule has 5 nitrogen and oxygen atoms in total. The molecule has 0 aromatic carbocycles. The van der Waals surface area contributed by atoms with Crippen LogP contribution in [-0.2, 0) is 4.74 Å². The molecule has 1 saturated heterocycles. The molecule has 2 aliphatic rings. The number of alkyl carbamates (subject to hydrolysis) is 1. The summed E-state index contributed by atoms with van der Waals surface area (Å²) >= 11 is 0. The summed E-state index contributed by atoms with van der Waals surface area (Å²) in [4.78, 5) is 13.1. The van der Waals surface area contributed by atoms with Crippen LogP contribution in [0.3, 0.4) is 0 Å². The average Bonchev–Trinajstić information content (AvgIpc) is 2.48. The first-order chi connectivity index (χ1) is 7.29. The van der Waals surface area contributed by atoms with Crippen molar-refractivity contribution >= 4 is 6.09 Å². The molecule has 0 radical (unpaired) electrons. The van der Waals surface area contributed by atoms with Gasteiger partial charge in [-0.2, -0.15) is 0 Å². The van der Waals surface area contributed by atoms with Crippen LogP contribution in [0.15, 0.2) is 0 Å². The minimum atomic E-state index is -0.322. The Labute approximate surface area is 89.4 Å². The van der Waals surface area contributed by atoms with E-state index in [1.165, 1.54) is 19.3 Å². The Morgan fingerprint density at radius 2 is 2.33 bits per heavy atom. The maximum absolute atomic E-state index is 10.8. The predicted molar refractivity (Wildman–Crippen MR) is 54.6 cm³/mol. The smallest absolute Gasteiger partial charge is 0.407 e. The molecule has 2 fully saturated rings. The summed E-state index contributed by atoms with van der Waals surface area (Å²) in [7, 11) is 0. The zero-order valence-corrected chi connectivity index (χ0v) is 8.82. The first-order valence-corrected chi connectivity index (χ1v) is 5.59. The summed E-state index contributed by atoms with van der Waals surface area (Å²) in [6.45, 7) is 2.18. The quantitative estimate of drug-likeness (QED) is 0.673. The first-order valence-electron chi connectivity index (χ1n) is 5.59. The Kier molecular flexibility index (Phi) is 3.43. The van der Waals surface area contributed by atoms with Crippen LogP contribution in [0.5, 0.6) is 0 Å². The third-order valence-corrected chi connectivity index (χ3v) is 3.16. The van der Waals surface area contributed by atoms with E-state index in [1.54, 1.807) is 0 Å². The number of nitrogens with zero attached hydrogens (tertiary/aromatic N) is 1. The van der Waals surface area contributed by atoms with E-state index in [0.29, 0.717) is 19.1 Å². The predicted octanol–water partition coefficient (Wildman–Crippen LogP) is -0.0584. The minimum Gasteiger partial charge on any atom is -0.443 e. The van der Waals surface area contributed by atoms with Gasteiger partial charge in [0.15, 0.2) is 0 Å². The van der Waals surface area contributed by atoms with Gasteiger partial charge in [0, 0.05) is 19.1 Å². The lowest BCUT2D eigenvalue weighted by Crippen LogP contribution is -2.46. The highest BCUT2D eigenvalue weighted by atomic mass is 16.6. The maximum Gasteiger partial charge on any atom is 0.407 e. The molecule has 0 aromatic rings. The fraction of sp³-hybridized carbons (Fsp3) is 0.900. The molecule has 1 aliphatic heterocycles. The summed E-state index contributed by atoms with van der Waals surface area (Å²) in [6, 6.07) is 0.580. The summed E-state index contributed by atoms with van der Waals surface area (Å²) in [5, 5.41) is 11.6. The Bertz CT molecular complexity index is 231. The zero-order chi connectivity index (χ0) is 10.7. The highest BCUT2D eigenvalue weighted by Crippen LogP contribution is 2.25. The van der Waals surface area contributed by atoms with Crippen molar-refractivity contribution in [3.05, 3.63) is 0 Å². The Balaban J connectivity index is 1.80. The lowest BCUT2D eigenvalue weighted by atomic mass is 9.91. The minimum absolute atomic E-state index is 0.0513. The van der Waals surface area contributed by atoms with Crippen molar-refractivity contribution in [2.45, 2.75) is 31.4 Å². The van der Waals surface area contributed by atoms with Gasteiger partial charge in [0.05, 0.1) is 13.2 Å². The van der Waals surface area contributed by atoms with Crippen LogP contribution >= 0.6 is 0 Å². The third kappa shape index (κ3) is 2.60. The van der Waals surface area contributed by atoms with Gasteiger partial charge in [-0.05, 0) is 12.8 Å². The van der Waals surface area contributed by atoms with E-state index in [2.05, 4.69) is 10.2 Å². The van der Waals surface area contributed by atoms with E-state index < -0.39 is 0 Å². The van der Waals surface area contributed by atoms with Crippen LogP contribution < -0.4 is 5.32 Å². The largest absolute Gasteiger partial charge is 0.443 e. The first kappa shape index (κ1) is 10.7. The number of hydrogen-bond acceptors (Lipinski definition) is 4. The van der Waals surface area contributed by atoms with Gasteiger partial charge in [0.1, 0.15) is 6.10 Å². The van der Waals surface area contributed by atoms with Crippen LogP contribution in [0.2, 0.25) is 0 Å². The van der Waals surface area contributed by atoms with Crippen LogP contribution in [0.1, 0.15) is 19.3 Å². The van der Waals surface area contributed by atoms with Crippen molar-refractivity contribution < 1.29 is 14.6 Å². The molecule has 5 heteroatoms. The van der Waals surface area contributed by atoms with E-state index in [4.69, 9.17) is 9.84 Å².